The fraction of sp³-hybridized carbons (Fsp3) is 0.143. The first-order valence-electron chi connectivity index (χ1n) is 6.68. The molecule has 2 N–H and O–H groups in total. The van der Waals surface area contributed by atoms with Crippen molar-refractivity contribution in [1.29, 1.82) is 0 Å². The van der Waals surface area contributed by atoms with Gasteiger partial charge in [-0.15, -0.1) is 0 Å². The van der Waals surface area contributed by atoms with Crippen molar-refractivity contribution in [3.8, 4) is 0 Å². The largest absolute Gasteiger partial charge is 0.329 e. The molecule has 118 valence electrons. The van der Waals surface area contributed by atoms with Gasteiger partial charge in [-0.05, 0) is 17.7 Å². The molecule has 3 rings (SSSR count). The minimum Gasteiger partial charge on any atom is -0.306 e. The number of aromatic amines is 1. The number of imidazole rings is 1. The van der Waals surface area contributed by atoms with Gasteiger partial charge in [-0.2, -0.15) is 10.1 Å². The first-order valence-corrected chi connectivity index (χ1v) is 7.05. The van der Waals surface area contributed by atoms with E-state index >= 15 is 0 Å². The lowest BCUT2D eigenvalue weighted by atomic mass is 10.2. The first kappa shape index (κ1) is 15.0. The molecule has 9 heteroatoms. The van der Waals surface area contributed by atoms with Crippen LogP contribution in [0.5, 0.6) is 0 Å². The summed E-state index contributed by atoms with van der Waals surface area (Å²) in [6, 6.07) is 7.14. The third-order valence-corrected chi connectivity index (χ3v) is 3.63. The Labute approximate surface area is 135 Å². The van der Waals surface area contributed by atoms with Gasteiger partial charge in [0.1, 0.15) is 0 Å². The van der Waals surface area contributed by atoms with Crippen molar-refractivity contribution in [2.75, 3.05) is 5.43 Å². The minimum absolute atomic E-state index is 0.213. The van der Waals surface area contributed by atoms with Crippen molar-refractivity contribution in [3.63, 3.8) is 0 Å². The van der Waals surface area contributed by atoms with E-state index in [1.165, 1.54) is 11.6 Å². The second-order valence-corrected chi connectivity index (χ2v) is 5.34. The summed E-state index contributed by atoms with van der Waals surface area (Å²) in [6.07, 6.45) is 1.59. The Morgan fingerprint density at radius 3 is 2.61 bits per heavy atom. The lowest BCUT2D eigenvalue weighted by Gasteiger charge is -2.00. The fourth-order valence-electron chi connectivity index (χ4n) is 2.08. The summed E-state index contributed by atoms with van der Waals surface area (Å²) in [6.45, 7) is 0. The van der Waals surface area contributed by atoms with Crippen molar-refractivity contribution in [2.45, 2.75) is 0 Å². The molecule has 0 saturated heterocycles. The predicted octanol–water partition coefficient (Wildman–Crippen LogP) is 1.06. The van der Waals surface area contributed by atoms with Gasteiger partial charge >= 0.3 is 5.69 Å². The van der Waals surface area contributed by atoms with Gasteiger partial charge in [0, 0.05) is 19.1 Å². The van der Waals surface area contributed by atoms with Crippen LogP contribution in [0.1, 0.15) is 5.56 Å². The van der Waals surface area contributed by atoms with Gasteiger partial charge in [0.05, 0.1) is 6.21 Å². The second kappa shape index (κ2) is 5.73. The van der Waals surface area contributed by atoms with Gasteiger partial charge in [0.15, 0.2) is 11.2 Å². The highest BCUT2D eigenvalue weighted by molar-refractivity contribution is 6.30. The monoisotopic (exact) mass is 332 g/mol. The molecule has 2 aromatic heterocycles. The van der Waals surface area contributed by atoms with E-state index in [0.29, 0.717) is 11.0 Å². The number of hydrogen-bond acceptors (Lipinski definition) is 5. The summed E-state index contributed by atoms with van der Waals surface area (Å²) in [5.74, 6) is 0.337. The Hall–Kier alpha value is -2.87. The summed E-state index contributed by atoms with van der Waals surface area (Å²) in [5.41, 5.74) is 3.16. The maximum atomic E-state index is 12.1. The highest BCUT2D eigenvalue weighted by atomic mass is 35.5. The van der Waals surface area contributed by atoms with Gasteiger partial charge in [-0.3, -0.25) is 14.3 Å². The Morgan fingerprint density at radius 1 is 1.22 bits per heavy atom. The number of anilines is 1. The van der Waals surface area contributed by atoms with E-state index in [-0.39, 0.29) is 11.2 Å². The van der Waals surface area contributed by atoms with E-state index in [4.69, 9.17) is 11.6 Å². The average Bonchev–Trinajstić information content (AvgIpc) is 2.83. The number of hydrogen-bond donors (Lipinski definition) is 2. The van der Waals surface area contributed by atoms with Crippen molar-refractivity contribution in [3.05, 3.63) is 55.7 Å². The van der Waals surface area contributed by atoms with E-state index < -0.39 is 11.2 Å². The van der Waals surface area contributed by atoms with E-state index in [1.807, 2.05) is 12.1 Å². The van der Waals surface area contributed by atoms with Crippen molar-refractivity contribution in [2.24, 2.45) is 19.2 Å². The van der Waals surface area contributed by atoms with Gasteiger partial charge in [0.25, 0.3) is 5.56 Å². The molecule has 23 heavy (non-hydrogen) atoms. The molecule has 0 aliphatic carbocycles. The van der Waals surface area contributed by atoms with E-state index in [9.17, 15) is 9.59 Å². The highest BCUT2D eigenvalue weighted by Gasteiger charge is 2.13. The number of benzene rings is 1. The minimum atomic E-state index is -0.517. The van der Waals surface area contributed by atoms with Gasteiger partial charge in [0.2, 0.25) is 5.95 Å². The smallest absolute Gasteiger partial charge is 0.306 e. The summed E-state index contributed by atoms with van der Waals surface area (Å²) in [4.78, 5) is 30.4. The molecule has 0 spiro atoms. The summed E-state index contributed by atoms with van der Waals surface area (Å²) < 4.78 is 2.53. The Morgan fingerprint density at radius 2 is 1.91 bits per heavy atom. The van der Waals surface area contributed by atoms with E-state index in [2.05, 4.69) is 20.5 Å². The van der Waals surface area contributed by atoms with Crippen LogP contribution in [-0.2, 0) is 14.1 Å². The zero-order valence-electron chi connectivity index (χ0n) is 12.4. The fourth-order valence-corrected chi connectivity index (χ4v) is 2.21. The van der Waals surface area contributed by atoms with Crippen LogP contribution in [0.4, 0.5) is 5.95 Å². The van der Waals surface area contributed by atoms with Crippen LogP contribution in [0.15, 0.2) is 39.0 Å². The quantitative estimate of drug-likeness (QED) is 0.553. The SMILES string of the molecule is Cn1c(=O)[nH]c2nc(N/N=C/c3ccc(Cl)cc3)n(C)c2c1=O. The molecule has 2 heterocycles. The van der Waals surface area contributed by atoms with Crippen LogP contribution >= 0.6 is 11.6 Å². The average molecular weight is 333 g/mol. The molecular weight excluding hydrogens is 320 g/mol. The van der Waals surface area contributed by atoms with Crippen LogP contribution in [0, 0.1) is 0 Å². The molecule has 0 radical (unpaired) electrons. The summed E-state index contributed by atoms with van der Waals surface area (Å²) in [7, 11) is 3.06. The molecule has 0 saturated carbocycles. The second-order valence-electron chi connectivity index (χ2n) is 4.91. The first-order chi connectivity index (χ1) is 11.0. The number of H-pyrrole nitrogens is 1. The predicted molar refractivity (Wildman–Crippen MR) is 89.2 cm³/mol. The molecule has 1 aromatic carbocycles. The molecular formula is C14H13ClN6O2. The van der Waals surface area contributed by atoms with Crippen LogP contribution in [0.3, 0.4) is 0 Å². The zero-order valence-corrected chi connectivity index (χ0v) is 13.1. The Bertz CT molecular complexity index is 1010. The molecule has 8 nitrogen and oxygen atoms in total. The summed E-state index contributed by atoms with van der Waals surface area (Å²) >= 11 is 5.81. The number of aryl methyl sites for hydroxylation is 1. The van der Waals surface area contributed by atoms with Crippen molar-refractivity contribution in [1.82, 2.24) is 19.1 Å². The van der Waals surface area contributed by atoms with Crippen molar-refractivity contribution >= 4 is 34.9 Å². The lowest BCUT2D eigenvalue weighted by molar-refractivity contribution is 0.783. The Balaban J connectivity index is 1.93. The molecule has 0 aliphatic rings. The third-order valence-electron chi connectivity index (χ3n) is 3.38. The van der Waals surface area contributed by atoms with Crippen LogP contribution in [0.2, 0.25) is 5.02 Å². The van der Waals surface area contributed by atoms with Crippen LogP contribution in [0.25, 0.3) is 11.2 Å². The van der Waals surface area contributed by atoms with Crippen molar-refractivity contribution < 1.29 is 0 Å². The number of fused-ring (bicyclic) bond motifs is 1. The van der Waals surface area contributed by atoms with Gasteiger partial charge in [-0.25, -0.2) is 10.2 Å². The van der Waals surface area contributed by atoms with E-state index in [0.717, 1.165) is 10.1 Å². The molecule has 0 atom stereocenters. The molecule has 0 bridgehead atoms. The van der Waals surface area contributed by atoms with E-state index in [1.54, 1.807) is 25.4 Å². The van der Waals surface area contributed by atoms with Crippen LogP contribution in [-0.4, -0.2) is 25.3 Å². The molecule has 0 aliphatic heterocycles. The topological polar surface area (TPSA) is 97.1 Å². The number of aromatic nitrogens is 4. The maximum Gasteiger partial charge on any atom is 0.329 e. The van der Waals surface area contributed by atoms with Crippen LogP contribution < -0.4 is 16.7 Å². The Kier molecular flexibility index (Phi) is 3.75. The molecule has 0 amide bonds. The number of nitrogens with zero attached hydrogens (tertiary/aromatic N) is 4. The standard InChI is InChI=1S/C14H13ClN6O2/c1-20-10-11(18-14(23)21(2)12(10)22)17-13(20)19-16-7-8-3-5-9(15)6-4-8/h3-7H,1-2H3,(H,17,19)(H,18,23)/b16-7+. The van der Waals surface area contributed by atoms with Gasteiger partial charge in [-0.1, -0.05) is 23.7 Å². The third kappa shape index (κ3) is 2.76. The zero-order chi connectivity index (χ0) is 16.6. The maximum absolute atomic E-state index is 12.1. The normalized spacial score (nSPS) is 11.4. The molecule has 3 aromatic rings. The molecule has 0 unspecified atom stereocenters. The number of rotatable bonds is 3. The van der Waals surface area contributed by atoms with Gasteiger partial charge < -0.3 is 4.57 Å². The lowest BCUT2D eigenvalue weighted by Crippen LogP contribution is -2.33. The highest BCUT2D eigenvalue weighted by Crippen LogP contribution is 2.12. The number of hydrazone groups is 1. The molecule has 0 fully saturated rings. The number of nitrogens with one attached hydrogen (secondary N) is 2. The summed E-state index contributed by atoms with van der Waals surface area (Å²) in [5, 5.41) is 4.71. The number of halogens is 1.